The van der Waals surface area contributed by atoms with E-state index in [1.807, 2.05) is 36.9 Å². The predicted octanol–water partition coefficient (Wildman–Crippen LogP) is 10.2. The molecule has 5 aliphatic rings. The number of hydrogen-bond acceptors (Lipinski definition) is 13. The summed E-state index contributed by atoms with van der Waals surface area (Å²) in [5, 5.41) is 27.2. The number of carbonyl (C=O) groups excluding carboxylic acids is 3. The number of nitrogens with one attached hydrogen (secondary N) is 4. The summed E-state index contributed by atoms with van der Waals surface area (Å²) in [7, 11) is 0. The fourth-order valence-electron chi connectivity index (χ4n) is 13.3. The minimum atomic E-state index is -1.07. The molecule has 88 heavy (non-hydrogen) atoms. The van der Waals surface area contributed by atoms with Gasteiger partial charge in [-0.05, 0) is 155 Å². The van der Waals surface area contributed by atoms with Crippen LogP contribution in [0.5, 0.6) is 11.5 Å². The number of aromatic nitrogens is 3. The molecule has 12 rings (SSSR count). The molecule has 1 saturated heterocycles. The van der Waals surface area contributed by atoms with Gasteiger partial charge in [-0.15, -0.1) is 0 Å². The quantitative estimate of drug-likeness (QED) is 0.0510. The molecule has 456 valence electrons. The van der Waals surface area contributed by atoms with E-state index in [0.717, 1.165) is 151 Å². The molecule has 7 heterocycles. The van der Waals surface area contributed by atoms with Gasteiger partial charge in [0.2, 0.25) is 11.3 Å². The zero-order chi connectivity index (χ0) is 61.3. The van der Waals surface area contributed by atoms with Crippen molar-refractivity contribution < 1.29 is 29.0 Å². The number of carbonyl (C=O) groups is 4. The second-order valence-electron chi connectivity index (χ2n) is 24.1. The van der Waals surface area contributed by atoms with Crippen molar-refractivity contribution >= 4 is 80.3 Å². The number of carboxylic acid groups (broad SMARTS) is 1. The largest absolute Gasteiger partial charge is 0.478 e. The molecule has 2 aromatic heterocycles. The smallest absolute Gasteiger partial charge is 0.336 e. The number of aryl methyl sites for hydroxylation is 6. The molecule has 5 aromatic carbocycles. The molecule has 19 heteroatoms. The average molecular weight is 1220 g/mol. The number of hydrogen-bond donors (Lipinski definition) is 5. The van der Waals surface area contributed by atoms with E-state index in [1.165, 1.54) is 45.1 Å². The Kier molecular flexibility index (Phi) is 17.7. The molecule has 5 aliphatic heterocycles. The van der Waals surface area contributed by atoms with E-state index >= 15 is 0 Å². The van der Waals surface area contributed by atoms with E-state index in [0.29, 0.717) is 76.2 Å². The highest BCUT2D eigenvalue weighted by molar-refractivity contribution is 7.17. The zero-order valence-electron chi connectivity index (χ0n) is 51.2. The first-order chi connectivity index (χ1) is 42.6. The van der Waals surface area contributed by atoms with Gasteiger partial charge in [-0.3, -0.25) is 19.3 Å². The molecule has 0 atom stereocenters. The zero-order valence-corrected chi connectivity index (χ0v) is 52.8. The van der Waals surface area contributed by atoms with Gasteiger partial charge in [-0.25, -0.2) is 24.3 Å². The lowest BCUT2D eigenvalue weighted by molar-refractivity contribution is -0.133. The highest BCUT2D eigenvalue weighted by atomic mass is 35.5. The van der Waals surface area contributed by atoms with Crippen LogP contribution in [0.1, 0.15) is 143 Å². The number of amides is 3. The number of aromatic carboxylic acids is 1. The van der Waals surface area contributed by atoms with Gasteiger partial charge in [0.15, 0.2) is 5.13 Å². The van der Waals surface area contributed by atoms with Crippen molar-refractivity contribution in [3.63, 3.8) is 0 Å². The summed E-state index contributed by atoms with van der Waals surface area (Å²) in [4.78, 5) is 76.5. The van der Waals surface area contributed by atoms with Crippen LogP contribution >= 0.6 is 22.9 Å². The summed E-state index contributed by atoms with van der Waals surface area (Å²) in [6.07, 6.45) is 11.2. The standard InChI is InChI=1S/C69H76ClN11O6S/c1-7-8-15-46-33-53-60(54-34-47-16-9-10-24-80-25-13-18-51(63(47)80)65(54)87-64(53)50-17-12-22-71-62(46)50)52-35-48(20-21-49(52)68(85)86)66(83)72-23-26-81(38-45-31-41(3)43(5)42(4)32-45)59(82)39-78-27-29-79(30-28-78)58-36-57(74-44(6)75-58)76-69-73-37-56(88-69)67(84)77-61-40(2)14-11-19-55(61)70/h11,14,19-21,31-37H,7-10,12-13,15-18,22-30,38-39H2,1-6H3,(H4,72,73,74,75,76,77,83,84,85,86)/p+1. The number of benzene rings is 5. The first kappa shape index (κ1) is 60.1. The van der Waals surface area contributed by atoms with Crippen molar-refractivity contribution in [1.82, 2.24) is 34.6 Å². The van der Waals surface area contributed by atoms with E-state index in [9.17, 15) is 24.3 Å². The van der Waals surface area contributed by atoms with Gasteiger partial charge in [0.25, 0.3) is 11.8 Å². The van der Waals surface area contributed by atoms with Crippen LogP contribution in [-0.2, 0) is 37.0 Å². The van der Waals surface area contributed by atoms with E-state index < -0.39 is 5.97 Å². The maximum Gasteiger partial charge on any atom is 0.336 e. The number of anilines is 5. The maximum absolute atomic E-state index is 14.7. The number of halogens is 1. The number of para-hydroxylation sites is 1. The lowest BCUT2D eigenvalue weighted by Crippen LogP contribution is -2.51. The number of piperazine rings is 1. The van der Waals surface area contributed by atoms with Crippen LogP contribution in [-0.4, -0.2) is 119 Å². The molecule has 0 aliphatic carbocycles. The fraction of sp³-hybridized carbons (Fsp3) is 0.391. The van der Waals surface area contributed by atoms with Crippen molar-refractivity contribution in [2.75, 3.05) is 86.3 Å². The van der Waals surface area contributed by atoms with Crippen LogP contribution in [0.25, 0.3) is 5.57 Å². The van der Waals surface area contributed by atoms with Crippen LogP contribution in [0, 0.1) is 34.6 Å². The molecule has 17 nitrogen and oxygen atoms in total. The van der Waals surface area contributed by atoms with Crippen LogP contribution in [0.4, 0.5) is 28.1 Å². The molecule has 0 saturated carbocycles. The number of thiazole rings is 1. The van der Waals surface area contributed by atoms with Gasteiger partial charge < -0.3 is 40.9 Å². The highest BCUT2D eigenvalue weighted by Gasteiger charge is 2.35. The third kappa shape index (κ3) is 12.5. The van der Waals surface area contributed by atoms with Crippen molar-refractivity contribution in [1.29, 1.82) is 0 Å². The Morgan fingerprint density at radius 2 is 1.64 bits per heavy atom. The van der Waals surface area contributed by atoms with E-state index in [1.54, 1.807) is 24.3 Å². The Balaban J connectivity index is 0.776. The minimum absolute atomic E-state index is 0.0569. The summed E-state index contributed by atoms with van der Waals surface area (Å²) in [6, 6.07) is 21.1. The molecule has 1 fully saturated rings. The van der Waals surface area contributed by atoms with Crippen LogP contribution in [0.3, 0.4) is 0 Å². The van der Waals surface area contributed by atoms with Gasteiger partial charge in [0, 0.05) is 110 Å². The number of nitrogens with zero attached hydrogens (tertiary/aromatic N) is 7. The summed E-state index contributed by atoms with van der Waals surface area (Å²) in [5.74, 6) is 1.64. The minimum Gasteiger partial charge on any atom is -0.478 e. The summed E-state index contributed by atoms with van der Waals surface area (Å²) in [5.41, 5.74) is 14.4. The van der Waals surface area contributed by atoms with Crippen molar-refractivity contribution in [2.24, 2.45) is 0 Å². The molecule has 0 radical (unpaired) electrons. The SMILES string of the molecule is CCCCc1cc2c(c3c1NCCC3)Oc1c3c4c(cc1=C2c1cc(C(=O)NCCN(Cc2cc(C)c(C)c(C)c2)C(=O)CN2CCN(c5cc(Nc6ncc(C(=O)Nc7c(C)cccc7Cl)s6)nc(C)n5)CC2)ccc1C(=O)O)CCCC[N+]=4CCC3. The number of ether oxygens (including phenoxy) is 1. The lowest BCUT2D eigenvalue weighted by Gasteiger charge is -2.36. The van der Waals surface area contributed by atoms with Crippen molar-refractivity contribution in [3.8, 4) is 11.5 Å². The van der Waals surface area contributed by atoms with Crippen LogP contribution in [0.15, 0.2) is 72.9 Å². The topological polar surface area (TPSA) is 197 Å². The lowest BCUT2D eigenvalue weighted by atomic mass is 9.82. The molecule has 0 unspecified atom stereocenters. The van der Waals surface area contributed by atoms with Gasteiger partial charge in [0.05, 0.1) is 34.6 Å². The van der Waals surface area contributed by atoms with Gasteiger partial charge >= 0.3 is 5.97 Å². The fourth-order valence-corrected chi connectivity index (χ4v) is 14.3. The second kappa shape index (κ2) is 25.9. The molecular formula is C69H77ClN11O6S+. The average Bonchev–Trinajstić information content (AvgIpc) is 0.956. The third-order valence-corrected chi connectivity index (χ3v) is 19.3. The van der Waals surface area contributed by atoms with Gasteiger partial charge in [-0.2, -0.15) is 0 Å². The monoisotopic (exact) mass is 1220 g/mol. The molecule has 0 bridgehead atoms. The van der Waals surface area contributed by atoms with E-state index in [-0.39, 0.29) is 42.9 Å². The number of carboxylic acids is 1. The van der Waals surface area contributed by atoms with E-state index in [4.69, 9.17) is 21.3 Å². The molecule has 7 aromatic rings. The maximum atomic E-state index is 14.7. The normalized spacial score (nSPS) is 15.2. The summed E-state index contributed by atoms with van der Waals surface area (Å²) in [6.45, 7) is 18.5. The number of unbranched alkanes of at least 4 members (excludes halogenated alkanes) is 1. The Labute approximate surface area is 522 Å². The first-order valence-electron chi connectivity index (χ1n) is 31.1. The van der Waals surface area contributed by atoms with Gasteiger partial charge in [0.1, 0.15) is 46.9 Å². The summed E-state index contributed by atoms with van der Waals surface area (Å²) < 4.78 is 9.81. The Morgan fingerprint density at radius 3 is 2.42 bits per heavy atom. The molecule has 5 N–H and O–H groups in total. The van der Waals surface area contributed by atoms with Crippen molar-refractivity contribution in [3.05, 3.63) is 172 Å². The third-order valence-electron chi connectivity index (χ3n) is 18.1. The first-order valence-corrected chi connectivity index (χ1v) is 32.3. The summed E-state index contributed by atoms with van der Waals surface area (Å²) >= 11 is 7.58. The Bertz CT molecular complexity index is 4040. The predicted molar refractivity (Wildman–Crippen MR) is 348 cm³/mol. The Morgan fingerprint density at radius 1 is 0.841 bits per heavy atom. The van der Waals surface area contributed by atoms with Gasteiger partial charge in [-0.1, -0.05) is 60.5 Å². The number of fused-ring (bicyclic) bond motifs is 5. The molecule has 0 spiro atoms. The van der Waals surface area contributed by atoms with Crippen LogP contribution < -0.4 is 46.1 Å². The molecular weight excluding hydrogens is 1150 g/mol. The Hall–Kier alpha value is -8.19. The molecule has 3 amide bonds. The second-order valence-corrected chi connectivity index (χ2v) is 25.6. The highest BCUT2D eigenvalue weighted by Crippen LogP contribution is 2.47. The van der Waals surface area contributed by atoms with Crippen LogP contribution in [0.2, 0.25) is 5.02 Å². The van der Waals surface area contributed by atoms with Crippen molar-refractivity contribution in [2.45, 2.75) is 112 Å². The number of rotatable bonds is 18. The van der Waals surface area contributed by atoms with E-state index in [2.05, 4.69) is 97.6 Å².